The number of anilines is 2. The van der Waals surface area contributed by atoms with Gasteiger partial charge in [0.1, 0.15) is 5.82 Å². The van der Waals surface area contributed by atoms with E-state index in [1.54, 1.807) is 0 Å². The molecule has 1 aromatic heterocycles. The lowest BCUT2D eigenvalue weighted by Crippen LogP contribution is -2.49. The van der Waals surface area contributed by atoms with Gasteiger partial charge in [0.05, 0.1) is 23.1 Å². The van der Waals surface area contributed by atoms with Crippen LogP contribution in [0.5, 0.6) is 0 Å². The fourth-order valence-corrected chi connectivity index (χ4v) is 5.09. The zero-order chi connectivity index (χ0) is 20.4. The second-order valence-electron chi connectivity index (χ2n) is 6.82. The molecule has 2 fully saturated rings. The molecule has 11 heteroatoms. The van der Waals surface area contributed by atoms with Gasteiger partial charge in [-0.15, -0.1) is 10.2 Å². The van der Waals surface area contributed by atoms with Crippen LogP contribution in [0.4, 0.5) is 16.0 Å². The smallest absolute Gasteiger partial charge is 0.243 e. The van der Waals surface area contributed by atoms with Crippen LogP contribution >= 0.6 is 11.6 Å². The number of rotatable bonds is 4. The molecule has 8 nitrogen and oxygen atoms in total. The Balaban J connectivity index is 1.40. The highest BCUT2D eigenvalue weighted by atomic mass is 35.5. The van der Waals surface area contributed by atoms with Crippen molar-refractivity contribution in [2.24, 2.45) is 0 Å². The van der Waals surface area contributed by atoms with Gasteiger partial charge in [0.25, 0.3) is 0 Å². The molecule has 0 amide bonds. The second-order valence-corrected chi connectivity index (χ2v) is 9.16. The largest absolute Gasteiger partial charge is 0.378 e. The van der Waals surface area contributed by atoms with E-state index in [1.165, 1.54) is 10.4 Å². The fraction of sp³-hybridized carbons (Fsp3) is 0.444. The molecule has 1 aromatic carbocycles. The van der Waals surface area contributed by atoms with E-state index in [1.807, 2.05) is 17.0 Å². The SMILES string of the molecule is O=S(=O)(c1ccc(F)c(Cl)c1)N1CCN(c2ccc(N3CCOCC3)nn2)CC1. The lowest BCUT2D eigenvalue weighted by molar-refractivity contribution is 0.122. The number of hydrogen-bond donors (Lipinski definition) is 0. The maximum atomic E-state index is 13.3. The van der Waals surface area contributed by atoms with E-state index in [-0.39, 0.29) is 9.92 Å². The normalized spacial score (nSPS) is 18.8. The Hall–Kier alpha value is -2.01. The van der Waals surface area contributed by atoms with Gasteiger partial charge in [-0.05, 0) is 30.3 Å². The minimum atomic E-state index is -3.73. The molecule has 0 radical (unpaired) electrons. The van der Waals surface area contributed by atoms with Crippen molar-refractivity contribution in [2.75, 3.05) is 62.3 Å². The van der Waals surface area contributed by atoms with Gasteiger partial charge in [0.15, 0.2) is 11.6 Å². The zero-order valence-corrected chi connectivity index (χ0v) is 17.2. The number of morpholine rings is 1. The molecule has 0 aliphatic carbocycles. The predicted molar refractivity (Wildman–Crippen MR) is 107 cm³/mol. The Morgan fingerprint density at radius 2 is 1.48 bits per heavy atom. The van der Waals surface area contributed by atoms with Gasteiger partial charge >= 0.3 is 0 Å². The maximum absolute atomic E-state index is 13.3. The quantitative estimate of drug-likeness (QED) is 0.713. The molecule has 4 rings (SSSR count). The van der Waals surface area contributed by atoms with E-state index in [4.69, 9.17) is 16.3 Å². The van der Waals surface area contributed by atoms with E-state index in [9.17, 15) is 12.8 Å². The number of nitrogens with zero attached hydrogens (tertiary/aromatic N) is 5. The fourth-order valence-electron chi connectivity index (χ4n) is 3.39. The Labute approximate surface area is 173 Å². The molecule has 29 heavy (non-hydrogen) atoms. The minimum absolute atomic E-state index is 0.00740. The molecular weight excluding hydrogens is 421 g/mol. The summed E-state index contributed by atoms with van der Waals surface area (Å²) < 4.78 is 45.7. The molecule has 0 N–H and O–H groups in total. The number of halogens is 2. The standard InChI is InChI=1S/C18H21ClFN5O3S/c19-15-13-14(1-2-16(15)20)29(26,27)25-7-5-23(6-8-25)17-3-4-18(22-21-17)24-9-11-28-12-10-24/h1-4,13H,5-12H2. The first-order chi connectivity index (χ1) is 13.9. The van der Waals surface area contributed by atoms with Crippen molar-refractivity contribution in [3.05, 3.63) is 41.2 Å². The first-order valence-electron chi connectivity index (χ1n) is 9.32. The summed E-state index contributed by atoms with van der Waals surface area (Å²) >= 11 is 5.74. The van der Waals surface area contributed by atoms with Crippen LogP contribution in [0, 0.1) is 5.82 Å². The van der Waals surface area contributed by atoms with Crippen LogP contribution in [-0.4, -0.2) is 75.4 Å². The van der Waals surface area contributed by atoms with Crippen molar-refractivity contribution >= 4 is 33.3 Å². The lowest BCUT2D eigenvalue weighted by atomic mass is 10.3. The average molecular weight is 442 g/mol. The molecule has 0 saturated carbocycles. The van der Waals surface area contributed by atoms with Crippen LogP contribution in [-0.2, 0) is 14.8 Å². The van der Waals surface area contributed by atoms with Crippen LogP contribution in [0.15, 0.2) is 35.2 Å². The Bertz CT molecular complexity index is 962. The zero-order valence-electron chi connectivity index (χ0n) is 15.7. The van der Waals surface area contributed by atoms with E-state index >= 15 is 0 Å². The average Bonchev–Trinajstić information content (AvgIpc) is 2.76. The third kappa shape index (κ3) is 4.30. The summed E-state index contributed by atoms with van der Waals surface area (Å²) in [7, 11) is -3.73. The Morgan fingerprint density at radius 1 is 0.897 bits per heavy atom. The highest BCUT2D eigenvalue weighted by Crippen LogP contribution is 2.24. The van der Waals surface area contributed by atoms with Gasteiger partial charge in [-0.2, -0.15) is 4.31 Å². The van der Waals surface area contributed by atoms with Crippen LogP contribution in [0.2, 0.25) is 5.02 Å². The number of piperazine rings is 1. The molecule has 0 unspecified atom stereocenters. The van der Waals surface area contributed by atoms with Crippen molar-refractivity contribution in [3.63, 3.8) is 0 Å². The summed E-state index contributed by atoms with van der Waals surface area (Å²) in [5, 5.41) is 8.41. The molecule has 2 aromatic rings. The summed E-state index contributed by atoms with van der Waals surface area (Å²) in [5.74, 6) is 0.880. The summed E-state index contributed by atoms with van der Waals surface area (Å²) in [6, 6.07) is 7.28. The Kier molecular flexibility index (Phi) is 5.86. The van der Waals surface area contributed by atoms with E-state index < -0.39 is 15.8 Å². The summed E-state index contributed by atoms with van der Waals surface area (Å²) in [5.41, 5.74) is 0. The summed E-state index contributed by atoms with van der Waals surface area (Å²) in [6.07, 6.45) is 0. The monoisotopic (exact) mass is 441 g/mol. The van der Waals surface area contributed by atoms with Crippen LogP contribution in [0.3, 0.4) is 0 Å². The van der Waals surface area contributed by atoms with Crippen molar-refractivity contribution in [2.45, 2.75) is 4.90 Å². The number of benzene rings is 1. The summed E-state index contributed by atoms with van der Waals surface area (Å²) in [4.78, 5) is 4.12. The number of sulfonamides is 1. The first-order valence-corrected chi connectivity index (χ1v) is 11.1. The van der Waals surface area contributed by atoms with Crippen molar-refractivity contribution in [1.82, 2.24) is 14.5 Å². The molecular formula is C18H21ClFN5O3S. The highest BCUT2D eigenvalue weighted by Gasteiger charge is 2.29. The molecule has 2 aliphatic rings. The highest BCUT2D eigenvalue weighted by molar-refractivity contribution is 7.89. The van der Waals surface area contributed by atoms with Gasteiger partial charge in [-0.25, -0.2) is 12.8 Å². The Morgan fingerprint density at radius 3 is 2.03 bits per heavy atom. The minimum Gasteiger partial charge on any atom is -0.378 e. The molecule has 3 heterocycles. The van der Waals surface area contributed by atoms with Gasteiger partial charge in [0.2, 0.25) is 10.0 Å². The maximum Gasteiger partial charge on any atom is 0.243 e. The molecule has 2 saturated heterocycles. The molecule has 0 atom stereocenters. The molecule has 2 aliphatic heterocycles. The van der Waals surface area contributed by atoms with E-state index in [2.05, 4.69) is 15.1 Å². The van der Waals surface area contributed by atoms with Crippen molar-refractivity contribution < 1.29 is 17.5 Å². The second kappa shape index (κ2) is 8.39. The van der Waals surface area contributed by atoms with Crippen LogP contribution < -0.4 is 9.80 Å². The molecule has 156 valence electrons. The topological polar surface area (TPSA) is 78.9 Å². The third-order valence-electron chi connectivity index (χ3n) is 5.06. The summed E-state index contributed by atoms with van der Waals surface area (Å²) in [6.45, 7) is 4.50. The van der Waals surface area contributed by atoms with Gasteiger partial charge in [-0.1, -0.05) is 11.6 Å². The number of hydrogen-bond acceptors (Lipinski definition) is 7. The molecule has 0 bridgehead atoms. The van der Waals surface area contributed by atoms with Crippen molar-refractivity contribution in [3.8, 4) is 0 Å². The lowest BCUT2D eigenvalue weighted by Gasteiger charge is -2.34. The molecule has 0 spiro atoms. The number of aromatic nitrogens is 2. The van der Waals surface area contributed by atoms with E-state index in [0.717, 1.165) is 31.0 Å². The predicted octanol–water partition coefficient (Wildman–Crippen LogP) is 1.62. The van der Waals surface area contributed by atoms with Gasteiger partial charge in [-0.3, -0.25) is 0 Å². The first kappa shape index (κ1) is 20.3. The van der Waals surface area contributed by atoms with Gasteiger partial charge < -0.3 is 14.5 Å². The third-order valence-corrected chi connectivity index (χ3v) is 7.25. The van der Waals surface area contributed by atoms with Crippen LogP contribution in [0.1, 0.15) is 0 Å². The van der Waals surface area contributed by atoms with Gasteiger partial charge in [0, 0.05) is 39.3 Å². The number of ether oxygens (including phenoxy) is 1. The van der Waals surface area contributed by atoms with Crippen LogP contribution in [0.25, 0.3) is 0 Å². The van der Waals surface area contributed by atoms with E-state index in [0.29, 0.717) is 45.2 Å². The van der Waals surface area contributed by atoms with Crippen molar-refractivity contribution in [1.29, 1.82) is 0 Å².